The van der Waals surface area contributed by atoms with E-state index in [0.717, 1.165) is 44.7 Å². The van der Waals surface area contributed by atoms with Crippen molar-refractivity contribution in [1.29, 1.82) is 0 Å². The van der Waals surface area contributed by atoms with Crippen LogP contribution in [0.15, 0.2) is 48.5 Å². The molecule has 5 rings (SSSR count). The summed E-state index contributed by atoms with van der Waals surface area (Å²) in [5, 5.41) is 7.66. The summed E-state index contributed by atoms with van der Waals surface area (Å²) in [7, 11) is 3.26. The van der Waals surface area contributed by atoms with Crippen molar-refractivity contribution < 1.29 is 14.3 Å². The van der Waals surface area contributed by atoms with Crippen molar-refractivity contribution in [2.24, 2.45) is 0 Å². The van der Waals surface area contributed by atoms with Gasteiger partial charge < -0.3 is 19.7 Å². The molecule has 0 bridgehead atoms. The second-order valence-corrected chi connectivity index (χ2v) is 8.22. The van der Waals surface area contributed by atoms with Gasteiger partial charge in [0.05, 0.1) is 26.5 Å². The first kappa shape index (κ1) is 19.4. The predicted octanol–water partition coefficient (Wildman–Crippen LogP) is 4.07. The molecule has 0 fully saturated rings. The lowest BCUT2D eigenvalue weighted by Gasteiger charge is -2.26. The van der Waals surface area contributed by atoms with Crippen LogP contribution >= 0.6 is 11.3 Å². The van der Waals surface area contributed by atoms with Crippen LogP contribution in [-0.2, 0) is 13.0 Å². The normalized spacial score (nSPS) is 13.2. The van der Waals surface area contributed by atoms with Crippen LogP contribution in [0.5, 0.6) is 11.5 Å². The zero-order valence-electron chi connectivity index (χ0n) is 17.2. The molecule has 158 valence electrons. The number of thiazole rings is 1. The highest BCUT2D eigenvalue weighted by Crippen LogP contribution is 2.30. The standard InChI is InChI=1S/C22H21N5O3S/c1-29-16-7-3-14(4-8-16)20-24-22-27(25-20)18-11-12-26(13-19(18)31-22)21(28)23-15-5-9-17(30-2)10-6-15/h3-10H,11-13H2,1-2H3,(H,23,28). The smallest absolute Gasteiger partial charge is 0.322 e. The third-order valence-corrected chi connectivity index (χ3v) is 6.36. The fraction of sp³-hybridized carbons (Fsp3) is 0.227. The summed E-state index contributed by atoms with van der Waals surface area (Å²) in [5.41, 5.74) is 2.81. The van der Waals surface area contributed by atoms with E-state index in [0.29, 0.717) is 18.9 Å². The molecule has 2 aromatic heterocycles. The molecule has 0 spiro atoms. The monoisotopic (exact) mass is 435 g/mol. The van der Waals surface area contributed by atoms with Gasteiger partial charge in [-0.1, -0.05) is 11.3 Å². The molecular weight excluding hydrogens is 414 g/mol. The Morgan fingerprint density at radius 1 is 1.03 bits per heavy atom. The topological polar surface area (TPSA) is 81.0 Å². The van der Waals surface area contributed by atoms with Gasteiger partial charge in [-0.05, 0) is 48.5 Å². The highest BCUT2D eigenvalue weighted by molar-refractivity contribution is 7.17. The van der Waals surface area contributed by atoms with Gasteiger partial charge in [-0.3, -0.25) is 0 Å². The Hall–Kier alpha value is -3.59. The summed E-state index contributed by atoms with van der Waals surface area (Å²) in [5.74, 6) is 2.25. The van der Waals surface area contributed by atoms with E-state index >= 15 is 0 Å². The number of urea groups is 1. The van der Waals surface area contributed by atoms with Crippen LogP contribution in [0.4, 0.5) is 10.5 Å². The molecule has 1 aliphatic heterocycles. The number of amides is 2. The van der Waals surface area contributed by atoms with Crippen molar-refractivity contribution in [3.8, 4) is 22.9 Å². The van der Waals surface area contributed by atoms with Gasteiger partial charge in [0, 0.05) is 29.1 Å². The number of nitrogens with zero attached hydrogens (tertiary/aromatic N) is 4. The van der Waals surface area contributed by atoms with E-state index in [-0.39, 0.29) is 6.03 Å². The van der Waals surface area contributed by atoms with E-state index < -0.39 is 0 Å². The molecule has 8 nitrogen and oxygen atoms in total. The molecule has 3 heterocycles. The maximum absolute atomic E-state index is 12.7. The third kappa shape index (κ3) is 3.68. The van der Waals surface area contributed by atoms with Crippen molar-refractivity contribution in [1.82, 2.24) is 19.5 Å². The van der Waals surface area contributed by atoms with Gasteiger partial charge in [-0.25, -0.2) is 9.31 Å². The Balaban J connectivity index is 1.32. The average Bonchev–Trinajstić information content (AvgIpc) is 3.37. The van der Waals surface area contributed by atoms with E-state index in [1.807, 2.05) is 57.9 Å². The molecule has 0 atom stereocenters. The second kappa shape index (κ2) is 7.92. The minimum atomic E-state index is -0.117. The van der Waals surface area contributed by atoms with Gasteiger partial charge in [-0.15, -0.1) is 5.10 Å². The maximum Gasteiger partial charge on any atom is 0.322 e. The molecule has 0 radical (unpaired) electrons. The highest BCUT2D eigenvalue weighted by atomic mass is 32.1. The van der Waals surface area contributed by atoms with Crippen LogP contribution in [0.2, 0.25) is 0 Å². The van der Waals surface area contributed by atoms with Gasteiger partial charge in [0.2, 0.25) is 4.96 Å². The number of carbonyl (C=O) groups is 1. The van der Waals surface area contributed by atoms with Crippen LogP contribution in [0.3, 0.4) is 0 Å². The van der Waals surface area contributed by atoms with Gasteiger partial charge in [0.1, 0.15) is 11.5 Å². The molecule has 9 heteroatoms. The first-order chi connectivity index (χ1) is 15.1. The molecule has 0 unspecified atom stereocenters. The van der Waals surface area contributed by atoms with Crippen LogP contribution in [-0.4, -0.2) is 46.3 Å². The molecular formula is C22H21N5O3S. The highest BCUT2D eigenvalue weighted by Gasteiger charge is 2.26. The van der Waals surface area contributed by atoms with Crippen LogP contribution < -0.4 is 14.8 Å². The number of aromatic nitrogens is 3. The second-order valence-electron chi connectivity index (χ2n) is 7.16. The third-order valence-electron chi connectivity index (χ3n) is 5.30. The first-order valence-corrected chi connectivity index (χ1v) is 10.7. The molecule has 0 saturated carbocycles. The number of hydrogen-bond acceptors (Lipinski definition) is 6. The lowest BCUT2D eigenvalue weighted by Crippen LogP contribution is -2.38. The zero-order valence-corrected chi connectivity index (χ0v) is 18.0. The van der Waals surface area contributed by atoms with Crippen molar-refractivity contribution >= 4 is 28.0 Å². The number of carbonyl (C=O) groups excluding carboxylic acids is 1. The van der Waals surface area contributed by atoms with Gasteiger partial charge in [-0.2, -0.15) is 4.98 Å². The number of fused-ring (bicyclic) bond motifs is 3. The van der Waals surface area contributed by atoms with E-state index in [4.69, 9.17) is 19.6 Å². The van der Waals surface area contributed by atoms with Crippen molar-refractivity contribution in [3.63, 3.8) is 0 Å². The number of benzene rings is 2. The summed E-state index contributed by atoms with van der Waals surface area (Å²) >= 11 is 1.58. The fourth-order valence-electron chi connectivity index (χ4n) is 3.60. The largest absolute Gasteiger partial charge is 0.497 e. The van der Waals surface area contributed by atoms with Crippen molar-refractivity contribution in [3.05, 3.63) is 59.1 Å². The average molecular weight is 436 g/mol. The Bertz CT molecular complexity index is 1230. The van der Waals surface area contributed by atoms with Gasteiger partial charge in [0.25, 0.3) is 0 Å². The summed E-state index contributed by atoms with van der Waals surface area (Å²) in [6.45, 7) is 1.17. The number of hydrogen-bond donors (Lipinski definition) is 1. The van der Waals surface area contributed by atoms with Crippen LogP contribution in [0.25, 0.3) is 16.3 Å². The number of nitrogens with one attached hydrogen (secondary N) is 1. The Morgan fingerprint density at radius 2 is 1.71 bits per heavy atom. The zero-order chi connectivity index (χ0) is 21.4. The quantitative estimate of drug-likeness (QED) is 0.523. The summed E-state index contributed by atoms with van der Waals surface area (Å²) in [6.07, 6.45) is 0.733. The molecule has 2 aromatic carbocycles. The number of rotatable bonds is 4. The number of anilines is 1. The van der Waals surface area contributed by atoms with E-state index in [2.05, 4.69) is 5.32 Å². The molecule has 1 N–H and O–H groups in total. The predicted molar refractivity (Wildman–Crippen MR) is 119 cm³/mol. The molecule has 1 aliphatic rings. The lowest BCUT2D eigenvalue weighted by atomic mass is 10.2. The van der Waals surface area contributed by atoms with E-state index in [1.54, 1.807) is 25.6 Å². The number of methoxy groups -OCH3 is 2. The molecule has 31 heavy (non-hydrogen) atoms. The van der Waals surface area contributed by atoms with Gasteiger partial charge in [0.15, 0.2) is 5.82 Å². The summed E-state index contributed by atoms with van der Waals surface area (Å²) < 4.78 is 12.3. The Kier molecular flexibility index (Phi) is 4.95. The minimum Gasteiger partial charge on any atom is -0.497 e. The summed E-state index contributed by atoms with van der Waals surface area (Å²) in [6, 6.07) is 14.9. The SMILES string of the molecule is COc1ccc(NC(=O)N2CCc3c(sc4nc(-c5ccc(OC)cc5)nn34)C2)cc1. The van der Waals surface area contributed by atoms with Crippen LogP contribution in [0, 0.1) is 0 Å². The molecule has 2 amide bonds. The van der Waals surface area contributed by atoms with Crippen molar-refractivity contribution in [2.75, 3.05) is 26.1 Å². The van der Waals surface area contributed by atoms with Gasteiger partial charge >= 0.3 is 6.03 Å². The fourth-order valence-corrected chi connectivity index (χ4v) is 4.72. The number of ether oxygens (including phenoxy) is 2. The molecule has 0 aliphatic carbocycles. The minimum absolute atomic E-state index is 0.117. The van der Waals surface area contributed by atoms with Crippen molar-refractivity contribution in [2.45, 2.75) is 13.0 Å². The Morgan fingerprint density at radius 3 is 2.39 bits per heavy atom. The van der Waals surface area contributed by atoms with E-state index in [9.17, 15) is 4.79 Å². The summed E-state index contributed by atoms with van der Waals surface area (Å²) in [4.78, 5) is 21.2. The lowest BCUT2D eigenvalue weighted by molar-refractivity contribution is 0.206. The van der Waals surface area contributed by atoms with Crippen LogP contribution in [0.1, 0.15) is 10.6 Å². The molecule has 4 aromatic rings. The van der Waals surface area contributed by atoms with E-state index in [1.165, 1.54) is 0 Å². The first-order valence-electron chi connectivity index (χ1n) is 9.86. The Labute approximate surface area is 183 Å². The molecule has 0 saturated heterocycles. The maximum atomic E-state index is 12.7.